The van der Waals surface area contributed by atoms with Crippen LogP contribution in [0.5, 0.6) is 0 Å². The molecule has 1 aliphatic rings. The maximum Gasteiger partial charge on any atom is 0.404 e. The van der Waals surface area contributed by atoms with Gasteiger partial charge in [-0.25, -0.2) is 13.2 Å². The molecule has 0 bridgehead atoms. The van der Waals surface area contributed by atoms with Crippen molar-refractivity contribution >= 4 is 15.9 Å². The molecular weight excluding hydrogens is 218 g/mol. The Kier molecular flexibility index (Phi) is 3.96. The molecule has 1 rings (SSSR count). The average Bonchev–Trinajstić information content (AvgIpc) is 2.05. The van der Waals surface area contributed by atoms with Crippen molar-refractivity contribution < 1.29 is 18.3 Å². The van der Waals surface area contributed by atoms with Crippen LogP contribution >= 0.6 is 0 Å². The highest BCUT2D eigenvalue weighted by molar-refractivity contribution is 7.90. The van der Waals surface area contributed by atoms with Crippen LogP contribution in [0.3, 0.4) is 0 Å². The van der Waals surface area contributed by atoms with Crippen LogP contribution in [-0.2, 0) is 9.84 Å². The normalized spacial score (nSPS) is 27.3. The topological polar surface area (TPSA) is 83.5 Å². The Morgan fingerprint density at radius 2 is 1.87 bits per heavy atom. The zero-order valence-corrected chi connectivity index (χ0v) is 9.59. The highest BCUT2D eigenvalue weighted by Gasteiger charge is 2.24. The zero-order chi connectivity index (χ0) is 11.5. The van der Waals surface area contributed by atoms with Crippen LogP contribution in [0.1, 0.15) is 25.7 Å². The van der Waals surface area contributed by atoms with Crippen molar-refractivity contribution in [2.24, 2.45) is 5.92 Å². The van der Waals surface area contributed by atoms with Crippen LogP contribution in [0.15, 0.2) is 0 Å². The van der Waals surface area contributed by atoms with E-state index in [1.54, 1.807) is 0 Å². The molecule has 2 N–H and O–H groups in total. The number of hydrogen-bond donors (Lipinski definition) is 2. The fourth-order valence-electron chi connectivity index (χ4n) is 2.08. The lowest BCUT2D eigenvalue weighted by Gasteiger charge is -2.27. The van der Waals surface area contributed by atoms with Crippen molar-refractivity contribution in [3.05, 3.63) is 0 Å². The summed E-state index contributed by atoms with van der Waals surface area (Å²) in [6.45, 7) is 0. The van der Waals surface area contributed by atoms with Gasteiger partial charge in [-0.05, 0) is 31.6 Å². The van der Waals surface area contributed by atoms with Crippen molar-refractivity contribution in [2.45, 2.75) is 31.7 Å². The van der Waals surface area contributed by atoms with Gasteiger partial charge in [0.15, 0.2) is 0 Å². The molecule has 0 atom stereocenters. The molecule has 1 aliphatic carbocycles. The van der Waals surface area contributed by atoms with E-state index in [1.807, 2.05) is 0 Å². The smallest absolute Gasteiger partial charge is 0.404 e. The van der Waals surface area contributed by atoms with Gasteiger partial charge in [-0.15, -0.1) is 0 Å². The summed E-state index contributed by atoms with van der Waals surface area (Å²) in [5, 5.41) is 10.9. The fraction of sp³-hybridized carbons (Fsp3) is 0.889. The molecule has 0 spiro atoms. The molecule has 0 radical (unpaired) electrons. The summed E-state index contributed by atoms with van der Waals surface area (Å²) < 4.78 is 22.1. The molecule has 0 unspecified atom stereocenters. The summed E-state index contributed by atoms with van der Waals surface area (Å²) in [6, 6.07) is -0.00156. The molecule has 6 heteroatoms. The molecule has 0 aliphatic heterocycles. The minimum absolute atomic E-state index is 0.00156. The van der Waals surface area contributed by atoms with Gasteiger partial charge in [-0.2, -0.15) is 0 Å². The lowest BCUT2D eigenvalue weighted by Crippen LogP contribution is -2.37. The number of hydrogen-bond acceptors (Lipinski definition) is 3. The van der Waals surface area contributed by atoms with Gasteiger partial charge in [0.05, 0.1) is 5.75 Å². The quantitative estimate of drug-likeness (QED) is 0.760. The summed E-state index contributed by atoms with van der Waals surface area (Å²) in [5.41, 5.74) is 0. The first-order valence-electron chi connectivity index (χ1n) is 5.04. The van der Waals surface area contributed by atoms with Gasteiger partial charge in [-0.3, -0.25) is 0 Å². The summed E-state index contributed by atoms with van der Waals surface area (Å²) >= 11 is 0. The predicted octanol–water partition coefficient (Wildman–Crippen LogP) is 0.857. The fourth-order valence-corrected chi connectivity index (χ4v) is 3.27. The lowest BCUT2D eigenvalue weighted by molar-refractivity contribution is 0.183. The monoisotopic (exact) mass is 235 g/mol. The largest absolute Gasteiger partial charge is 0.465 e. The Labute approximate surface area is 89.8 Å². The highest BCUT2D eigenvalue weighted by atomic mass is 32.2. The second kappa shape index (κ2) is 4.83. The first kappa shape index (κ1) is 12.3. The Morgan fingerprint density at radius 1 is 1.33 bits per heavy atom. The number of rotatable bonds is 3. The van der Waals surface area contributed by atoms with Crippen molar-refractivity contribution in [2.75, 3.05) is 12.0 Å². The molecule has 0 aromatic rings. The number of carbonyl (C=O) groups is 1. The maximum absolute atomic E-state index is 11.0. The van der Waals surface area contributed by atoms with Crippen molar-refractivity contribution in [1.82, 2.24) is 5.32 Å². The van der Waals surface area contributed by atoms with E-state index in [9.17, 15) is 13.2 Å². The lowest BCUT2D eigenvalue weighted by atomic mass is 9.87. The van der Waals surface area contributed by atoms with Crippen LogP contribution in [0, 0.1) is 5.92 Å². The minimum atomic E-state index is -2.90. The molecule has 15 heavy (non-hydrogen) atoms. The molecular formula is C9H17NO4S. The first-order chi connectivity index (χ1) is 6.87. The van der Waals surface area contributed by atoms with Crippen molar-refractivity contribution in [3.63, 3.8) is 0 Å². The van der Waals surface area contributed by atoms with Crippen LogP contribution in [0.25, 0.3) is 0 Å². The summed E-state index contributed by atoms with van der Waals surface area (Å²) in [5.74, 6) is 0.430. The molecule has 0 saturated heterocycles. The Bertz CT molecular complexity index is 317. The summed E-state index contributed by atoms with van der Waals surface area (Å²) in [6.07, 6.45) is 3.31. The third-order valence-corrected chi connectivity index (χ3v) is 3.79. The van der Waals surface area contributed by atoms with E-state index in [4.69, 9.17) is 5.11 Å². The molecule has 1 amide bonds. The highest BCUT2D eigenvalue weighted by Crippen LogP contribution is 2.25. The third kappa shape index (κ3) is 5.01. The van der Waals surface area contributed by atoms with E-state index in [2.05, 4.69) is 5.32 Å². The summed E-state index contributed by atoms with van der Waals surface area (Å²) in [7, 11) is -2.90. The van der Waals surface area contributed by atoms with Gasteiger partial charge in [0.1, 0.15) is 9.84 Å². The molecule has 1 saturated carbocycles. The van der Waals surface area contributed by atoms with Gasteiger partial charge < -0.3 is 10.4 Å². The van der Waals surface area contributed by atoms with Crippen molar-refractivity contribution in [3.8, 4) is 0 Å². The molecule has 0 aromatic heterocycles. The number of nitrogens with one attached hydrogen (secondary N) is 1. The van der Waals surface area contributed by atoms with Crippen LogP contribution < -0.4 is 5.32 Å². The van der Waals surface area contributed by atoms with E-state index in [0.717, 1.165) is 25.7 Å². The molecule has 0 heterocycles. The van der Waals surface area contributed by atoms with E-state index in [0.29, 0.717) is 0 Å². The standard InChI is InChI=1S/C9H17NO4S/c1-15(13,14)6-7-2-4-8(5-3-7)10-9(11)12/h7-8,10H,2-6H2,1H3,(H,11,12). The van der Waals surface area contributed by atoms with E-state index in [1.165, 1.54) is 6.26 Å². The third-order valence-electron chi connectivity index (χ3n) is 2.71. The molecule has 5 nitrogen and oxygen atoms in total. The second-order valence-electron chi connectivity index (χ2n) is 4.26. The number of sulfone groups is 1. The van der Waals surface area contributed by atoms with Gasteiger partial charge in [0.25, 0.3) is 0 Å². The Morgan fingerprint density at radius 3 is 2.27 bits per heavy atom. The van der Waals surface area contributed by atoms with E-state index >= 15 is 0 Å². The maximum atomic E-state index is 11.0. The number of carboxylic acid groups (broad SMARTS) is 1. The van der Waals surface area contributed by atoms with Gasteiger partial charge in [-0.1, -0.05) is 0 Å². The SMILES string of the molecule is CS(=O)(=O)CC1CCC(NC(=O)O)CC1. The molecule has 0 aromatic carbocycles. The average molecular weight is 235 g/mol. The van der Waals surface area contributed by atoms with Gasteiger partial charge in [0.2, 0.25) is 0 Å². The number of amides is 1. The van der Waals surface area contributed by atoms with E-state index < -0.39 is 15.9 Å². The van der Waals surface area contributed by atoms with Crippen LogP contribution in [-0.4, -0.2) is 37.7 Å². The van der Waals surface area contributed by atoms with Crippen LogP contribution in [0.4, 0.5) is 4.79 Å². The van der Waals surface area contributed by atoms with E-state index in [-0.39, 0.29) is 17.7 Å². The van der Waals surface area contributed by atoms with Gasteiger partial charge >= 0.3 is 6.09 Å². The second-order valence-corrected chi connectivity index (χ2v) is 6.44. The molecule has 88 valence electrons. The summed E-state index contributed by atoms with van der Waals surface area (Å²) in [4.78, 5) is 10.4. The van der Waals surface area contributed by atoms with Gasteiger partial charge in [0, 0.05) is 12.3 Å². The zero-order valence-electron chi connectivity index (χ0n) is 8.77. The first-order valence-corrected chi connectivity index (χ1v) is 7.10. The minimum Gasteiger partial charge on any atom is -0.465 e. The Hall–Kier alpha value is -0.780. The molecule has 1 fully saturated rings. The Balaban J connectivity index is 2.33. The van der Waals surface area contributed by atoms with Crippen LogP contribution in [0.2, 0.25) is 0 Å². The van der Waals surface area contributed by atoms with Crippen molar-refractivity contribution in [1.29, 1.82) is 0 Å². The predicted molar refractivity (Wildman–Crippen MR) is 56.6 cm³/mol.